The molecular weight excluding hydrogens is 313 g/mol. The highest BCUT2D eigenvalue weighted by molar-refractivity contribution is 6.33. The first-order chi connectivity index (χ1) is 9.47. The van der Waals surface area contributed by atoms with E-state index in [2.05, 4.69) is 19.2 Å². The van der Waals surface area contributed by atoms with Crippen molar-refractivity contribution in [1.82, 2.24) is 5.32 Å². The number of carboxylic acid groups (broad SMARTS) is 1. The lowest BCUT2D eigenvalue weighted by molar-refractivity contribution is 0.0697. The standard InChI is InChI=1S/C15H16ClNO3.ClH/c1-9(2)17-8-11-4-6-14(20-11)12-7-10(15(18)19)3-5-13(12)16;/h3-7,9,17H,8H2,1-2H3,(H,18,19);1H. The summed E-state index contributed by atoms with van der Waals surface area (Å²) in [7, 11) is 0. The zero-order valence-electron chi connectivity index (χ0n) is 11.7. The molecule has 2 aromatic rings. The second-order valence-corrected chi connectivity index (χ2v) is 5.21. The fraction of sp³-hybridized carbons (Fsp3) is 0.267. The van der Waals surface area contributed by atoms with Crippen molar-refractivity contribution in [1.29, 1.82) is 0 Å². The minimum atomic E-state index is -0.990. The zero-order chi connectivity index (χ0) is 14.7. The van der Waals surface area contributed by atoms with Gasteiger partial charge in [0.2, 0.25) is 0 Å². The summed E-state index contributed by atoms with van der Waals surface area (Å²) >= 11 is 6.10. The number of carboxylic acids is 1. The molecule has 0 saturated carbocycles. The van der Waals surface area contributed by atoms with Crippen LogP contribution in [0.15, 0.2) is 34.7 Å². The van der Waals surface area contributed by atoms with Crippen molar-refractivity contribution >= 4 is 30.0 Å². The van der Waals surface area contributed by atoms with Crippen molar-refractivity contribution in [2.45, 2.75) is 26.4 Å². The van der Waals surface area contributed by atoms with E-state index in [-0.39, 0.29) is 18.0 Å². The first-order valence-electron chi connectivity index (χ1n) is 6.32. The molecule has 0 atom stereocenters. The third-order valence-electron chi connectivity index (χ3n) is 2.82. The van der Waals surface area contributed by atoms with Gasteiger partial charge < -0.3 is 14.8 Å². The Morgan fingerprint density at radius 2 is 2.05 bits per heavy atom. The van der Waals surface area contributed by atoms with Crippen LogP contribution in [0.25, 0.3) is 11.3 Å². The summed E-state index contributed by atoms with van der Waals surface area (Å²) in [5, 5.41) is 12.7. The Morgan fingerprint density at radius 3 is 2.67 bits per heavy atom. The van der Waals surface area contributed by atoms with Crippen LogP contribution in [0, 0.1) is 0 Å². The predicted octanol–water partition coefficient (Wildman–Crippen LogP) is 4.22. The van der Waals surface area contributed by atoms with E-state index in [1.807, 2.05) is 6.07 Å². The smallest absolute Gasteiger partial charge is 0.335 e. The van der Waals surface area contributed by atoms with Crippen molar-refractivity contribution < 1.29 is 14.3 Å². The molecule has 0 amide bonds. The lowest BCUT2D eigenvalue weighted by atomic mass is 10.1. The number of benzene rings is 1. The second-order valence-electron chi connectivity index (χ2n) is 4.80. The molecule has 0 aliphatic heterocycles. The highest BCUT2D eigenvalue weighted by Crippen LogP contribution is 2.30. The van der Waals surface area contributed by atoms with Crippen LogP contribution in [0.4, 0.5) is 0 Å². The van der Waals surface area contributed by atoms with Gasteiger partial charge in [-0.3, -0.25) is 0 Å². The second kappa shape index (κ2) is 7.50. The number of aromatic carboxylic acids is 1. The van der Waals surface area contributed by atoms with Crippen LogP contribution in [0.5, 0.6) is 0 Å². The normalized spacial score (nSPS) is 10.5. The fourth-order valence-corrected chi connectivity index (χ4v) is 1.98. The van der Waals surface area contributed by atoms with Crippen molar-refractivity contribution in [3.05, 3.63) is 46.7 Å². The maximum atomic E-state index is 11.0. The number of rotatable bonds is 5. The summed E-state index contributed by atoms with van der Waals surface area (Å²) in [5.41, 5.74) is 0.769. The lowest BCUT2D eigenvalue weighted by Crippen LogP contribution is -2.21. The maximum Gasteiger partial charge on any atom is 0.335 e. The van der Waals surface area contributed by atoms with Crippen LogP contribution < -0.4 is 5.32 Å². The zero-order valence-corrected chi connectivity index (χ0v) is 13.3. The van der Waals surface area contributed by atoms with Crippen LogP contribution in [0.2, 0.25) is 5.02 Å². The number of furan rings is 1. The Morgan fingerprint density at radius 1 is 1.33 bits per heavy atom. The van der Waals surface area contributed by atoms with Crippen LogP contribution in [0.3, 0.4) is 0 Å². The van der Waals surface area contributed by atoms with Gasteiger partial charge in [-0.05, 0) is 30.3 Å². The van der Waals surface area contributed by atoms with Gasteiger partial charge in [-0.15, -0.1) is 12.4 Å². The largest absolute Gasteiger partial charge is 0.478 e. The Bertz CT molecular complexity index is 623. The number of nitrogens with one attached hydrogen (secondary N) is 1. The Hall–Kier alpha value is -1.49. The predicted molar refractivity (Wildman–Crippen MR) is 85.3 cm³/mol. The summed E-state index contributed by atoms with van der Waals surface area (Å²) in [6, 6.07) is 8.57. The van der Waals surface area contributed by atoms with Gasteiger partial charge in [0.1, 0.15) is 11.5 Å². The summed E-state index contributed by atoms with van der Waals surface area (Å²) < 4.78 is 5.70. The molecule has 1 aromatic heterocycles. The van der Waals surface area contributed by atoms with Gasteiger partial charge in [0.05, 0.1) is 17.1 Å². The van der Waals surface area contributed by atoms with E-state index in [9.17, 15) is 4.79 Å². The van der Waals surface area contributed by atoms with E-state index in [0.717, 1.165) is 5.76 Å². The van der Waals surface area contributed by atoms with Gasteiger partial charge >= 0.3 is 5.97 Å². The highest BCUT2D eigenvalue weighted by Gasteiger charge is 2.12. The van der Waals surface area contributed by atoms with Gasteiger partial charge in [-0.2, -0.15) is 0 Å². The Labute approximate surface area is 134 Å². The van der Waals surface area contributed by atoms with Crippen molar-refractivity contribution in [3.63, 3.8) is 0 Å². The summed E-state index contributed by atoms with van der Waals surface area (Å²) in [5.74, 6) is 0.361. The van der Waals surface area contributed by atoms with Crippen molar-refractivity contribution in [2.75, 3.05) is 0 Å². The molecule has 0 fully saturated rings. The molecule has 0 radical (unpaired) electrons. The maximum absolute atomic E-state index is 11.0. The van der Waals surface area contributed by atoms with Gasteiger partial charge in [-0.1, -0.05) is 25.4 Å². The molecule has 0 saturated heterocycles. The van der Waals surface area contributed by atoms with E-state index in [1.165, 1.54) is 12.1 Å². The fourth-order valence-electron chi connectivity index (χ4n) is 1.77. The molecule has 2 rings (SSSR count). The van der Waals surface area contributed by atoms with E-state index in [0.29, 0.717) is 28.9 Å². The van der Waals surface area contributed by atoms with Gasteiger partial charge in [-0.25, -0.2) is 4.79 Å². The van der Waals surface area contributed by atoms with Gasteiger partial charge in [0, 0.05) is 11.6 Å². The highest BCUT2D eigenvalue weighted by atomic mass is 35.5. The summed E-state index contributed by atoms with van der Waals surface area (Å²) in [4.78, 5) is 11.0. The van der Waals surface area contributed by atoms with Crippen molar-refractivity contribution in [3.8, 4) is 11.3 Å². The molecule has 1 aromatic carbocycles. The van der Waals surface area contributed by atoms with Gasteiger partial charge in [0.25, 0.3) is 0 Å². The van der Waals surface area contributed by atoms with E-state index >= 15 is 0 Å². The van der Waals surface area contributed by atoms with Crippen LogP contribution in [-0.4, -0.2) is 17.1 Å². The monoisotopic (exact) mass is 329 g/mol. The molecule has 0 unspecified atom stereocenters. The molecule has 2 N–H and O–H groups in total. The third-order valence-corrected chi connectivity index (χ3v) is 3.15. The van der Waals surface area contributed by atoms with E-state index < -0.39 is 5.97 Å². The van der Waals surface area contributed by atoms with Crippen molar-refractivity contribution in [2.24, 2.45) is 0 Å². The molecule has 21 heavy (non-hydrogen) atoms. The Balaban J connectivity index is 0.00000220. The molecular formula is C15H17Cl2NO3. The average Bonchev–Trinajstić information content (AvgIpc) is 2.85. The number of halogens is 2. The topological polar surface area (TPSA) is 62.5 Å². The van der Waals surface area contributed by atoms with Gasteiger partial charge in [0.15, 0.2) is 0 Å². The van der Waals surface area contributed by atoms with Crippen LogP contribution in [0.1, 0.15) is 30.0 Å². The Kier molecular flexibility index (Phi) is 6.27. The third kappa shape index (κ3) is 4.49. The average molecular weight is 330 g/mol. The first kappa shape index (κ1) is 17.6. The summed E-state index contributed by atoms with van der Waals surface area (Å²) in [6.07, 6.45) is 0. The van der Waals surface area contributed by atoms with Crippen LogP contribution in [-0.2, 0) is 6.54 Å². The molecule has 4 nitrogen and oxygen atoms in total. The minimum absolute atomic E-state index is 0. The molecule has 6 heteroatoms. The van der Waals surface area contributed by atoms with E-state index in [4.69, 9.17) is 21.1 Å². The molecule has 114 valence electrons. The number of hydrogen-bond donors (Lipinski definition) is 2. The number of hydrogen-bond acceptors (Lipinski definition) is 3. The SMILES string of the molecule is CC(C)NCc1ccc(-c2cc(C(=O)O)ccc2Cl)o1.Cl. The quantitative estimate of drug-likeness (QED) is 0.862. The molecule has 1 heterocycles. The first-order valence-corrected chi connectivity index (χ1v) is 6.70. The summed E-state index contributed by atoms with van der Waals surface area (Å²) in [6.45, 7) is 4.72. The molecule has 0 aliphatic carbocycles. The molecule has 0 bridgehead atoms. The molecule has 0 spiro atoms. The minimum Gasteiger partial charge on any atom is -0.478 e. The van der Waals surface area contributed by atoms with E-state index in [1.54, 1.807) is 12.1 Å². The van der Waals surface area contributed by atoms with Crippen LogP contribution >= 0.6 is 24.0 Å². The number of carbonyl (C=O) groups is 1. The molecule has 0 aliphatic rings. The lowest BCUT2D eigenvalue weighted by Gasteiger charge is -2.06.